The molecule has 2 aromatic carbocycles. The summed E-state index contributed by atoms with van der Waals surface area (Å²) in [6, 6.07) is 16.4. The van der Waals surface area contributed by atoms with E-state index in [4.69, 9.17) is 5.73 Å². The van der Waals surface area contributed by atoms with Crippen LogP contribution < -0.4 is 5.73 Å². The Morgan fingerprint density at radius 2 is 1.67 bits per heavy atom. The fourth-order valence-corrected chi connectivity index (χ4v) is 2.45. The number of nitrogens with two attached hydrogens (primary N) is 1. The Morgan fingerprint density at radius 3 is 2.29 bits per heavy atom. The Kier molecular flexibility index (Phi) is 5.42. The molecule has 0 aromatic heterocycles. The highest BCUT2D eigenvalue weighted by Crippen LogP contribution is 2.25. The molecule has 0 amide bonds. The van der Waals surface area contributed by atoms with Gasteiger partial charge in [0, 0.05) is 24.7 Å². The van der Waals surface area contributed by atoms with Crippen molar-refractivity contribution in [1.29, 1.82) is 0 Å². The smallest absolute Gasteiger partial charge is 0.263 e. The lowest BCUT2D eigenvalue weighted by Gasteiger charge is -2.27. The minimum atomic E-state index is -2.46. The lowest BCUT2D eigenvalue weighted by atomic mass is 10.0. The van der Waals surface area contributed by atoms with E-state index in [2.05, 4.69) is 4.90 Å². The van der Waals surface area contributed by atoms with Crippen LogP contribution in [-0.2, 0) is 6.54 Å². The zero-order valence-corrected chi connectivity index (χ0v) is 12.0. The number of hydrogen-bond acceptors (Lipinski definition) is 2. The Balaban J connectivity index is 2.17. The van der Waals surface area contributed by atoms with Gasteiger partial charge in [-0.05, 0) is 24.2 Å². The van der Waals surface area contributed by atoms with Crippen LogP contribution in [0.4, 0.5) is 8.78 Å². The third kappa shape index (κ3) is 4.09. The average molecular weight is 290 g/mol. The number of rotatable bonds is 6. The summed E-state index contributed by atoms with van der Waals surface area (Å²) in [4.78, 5) is 2.08. The summed E-state index contributed by atoms with van der Waals surface area (Å²) >= 11 is 0. The van der Waals surface area contributed by atoms with Crippen LogP contribution in [0.15, 0.2) is 54.6 Å². The van der Waals surface area contributed by atoms with Crippen LogP contribution in [0.2, 0.25) is 0 Å². The lowest BCUT2D eigenvalue weighted by Crippen LogP contribution is -2.30. The van der Waals surface area contributed by atoms with Crippen molar-refractivity contribution in [3.8, 4) is 0 Å². The minimum absolute atomic E-state index is 0.0408. The fourth-order valence-electron chi connectivity index (χ4n) is 2.45. The van der Waals surface area contributed by atoms with Gasteiger partial charge in [0.15, 0.2) is 0 Å². The van der Waals surface area contributed by atoms with Crippen molar-refractivity contribution in [1.82, 2.24) is 4.90 Å². The van der Waals surface area contributed by atoms with Crippen LogP contribution in [0, 0.1) is 0 Å². The van der Waals surface area contributed by atoms with Crippen LogP contribution >= 0.6 is 0 Å². The van der Waals surface area contributed by atoms with Gasteiger partial charge in [0.25, 0.3) is 6.43 Å². The standard InChI is InChI=1S/C17H20F2N2/c1-21(12-13-6-3-2-4-7-13)16(11-20)14-8-5-9-15(10-14)17(18)19/h2-10,16-17H,11-12,20H2,1H3. The summed E-state index contributed by atoms with van der Waals surface area (Å²) in [6.07, 6.45) is -2.46. The van der Waals surface area contributed by atoms with E-state index in [1.54, 1.807) is 12.1 Å². The molecule has 2 N–H and O–H groups in total. The molecule has 0 aliphatic rings. The van der Waals surface area contributed by atoms with Gasteiger partial charge in [-0.25, -0.2) is 8.78 Å². The highest BCUT2D eigenvalue weighted by Gasteiger charge is 2.17. The zero-order chi connectivity index (χ0) is 15.2. The van der Waals surface area contributed by atoms with Crippen molar-refractivity contribution in [2.45, 2.75) is 19.0 Å². The molecule has 112 valence electrons. The molecule has 0 heterocycles. The van der Waals surface area contributed by atoms with Gasteiger partial charge >= 0.3 is 0 Å². The first-order chi connectivity index (χ1) is 10.1. The van der Waals surface area contributed by atoms with Crippen molar-refractivity contribution >= 4 is 0 Å². The molecule has 21 heavy (non-hydrogen) atoms. The van der Waals surface area contributed by atoms with Gasteiger partial charge in [-0.2, -0.15) is 0 Å². The van der Waals surface area contributed by atoms with Crippen molar-refractivity contribution in [2.24, 2.45) is 5.73 Å². The summed E-state index contributed by atoms with van der Waals surface area (Å²) in [5.41, 5.74) is 7.89. The van der Waals surface area contributed by atoms with Crippen molar-refractivity contribution < 1.29 is 8.78 Å². The van der Waals surface area contributed by atoms with E-state index >= 15 is 0 Å². The summed E-state index contributed by atoms with van der Waals surface area (Å²) < 4.78 is 25.6. The monoisotopic (exact) mass is 290 g/mol. The molecule has 0 aliphatic heterocycles. The summed E-state index contributed by atoms with van der Waals surface area (Å²) in [7, 11) is 1.96. The topological polar surface area (TPSA) is 29.3 Å². The van der Waals surface area contributed by atoms with Gasteiger partial charge in [-0.15, -0.1) is 0 Å². The molecule has 2 rings (SSSR count). The summed E-state index contributed by atoms with van der Waals surface area (Å²) in [6.45, 7) is 1.11. The molecule has 2 nitrogen and oxygen atoms in total. The Bertz CT molecular complexity index is 558. The summed E-state index contributed by atoms with van der Waals surface area (Å²) in [5.74, 6) is 0. The lowest BCUT2D eigenvalue weighted by molar-refractivity contribution is 0.151. The van der Waals surface area contributed by atoms with Gasteiger partial charge in [-0.1, -0.05) is 48.5 Å². The molecule has 4 heteroatoms. The number of likely N-dealkylation sites (N-methyl/N-ethyl adjacent to an activating group) is 1. The maximum atomic E-state index is 12.8. The second kappa shape index (κ2) is 7.29. The van der Waals surface area contributed by atoms with Crippen LogP contribution in [0.3, 0.4) is 0 Å². The van der Waals surface area contributed by atoms with E-state index in [1.165, 1.54) is 11.6 Å². The normalized spacial score (nSPS) is 12.9. The summed E-state index contributed by atoms with van der Waals surface area (Å²) in [5, 5.41) is 0. The van der Waals surface area contributed by atoms with Gasteiger partial charge in [0.05, 0.1) is 0 Å². The first-order valence-corrected chi connectivity index (χ1v) is 6.94. The third-order valence-electron chi connectivity index (χ3n) is 3.58. The first kappa shape index (κ1) is 15.6. The maximum absolute atomic E-state index is 12.8. The molecule has 0 fully saturated rings. The molecule has 0 saturated heterocycles. The maximum Gasteiger partial charge on any atom is 0.263 e. The molecule has 1 atom stereocenters. The largest absolute Gasteiger partial charge is 0.329 e. The fraction of sp³-hybridized carbons (Fsp3) is 0.294. The zero-order valence-electron chi connectivity index (χ0n) is 12.0. The molecular formula is C17H20F2N2. The van der Waals surface area contributed by atoms with E-state index in [-0.39, 0.29) is 11.6 Å². The average Bonchev–Trinajstić information content (AvgIpc) is 2.49. The first-order valence-electron chi connectivity index (χ1n) is 6.94. The number of halogens is 2. The highest BCUT2D eigenvalue weighted by molar-refractivity contribution is 5.27. The Labute approximate surface area is 124 Å². The van der Waals surface area contributed by atoms with Gasteiger partial charge in [0.2, 0.25) is 0 Å². The van der Waals surface area contributed by atoms with Crippen LogP contribution in [0.25, 0.3) is 0 Å². The molecule has 0 aliphatic carbocycles. The van der Waals surface area contributed by atoms with Gasteiger partial charge in [0.1, 0.15) is 0 Å². The number of nitrogens with zero attached hydrogens (tertiary/aromatic N) is 1. The second-order valence-electron chi connectivity index (χ2n) is 5.12. The van der Waals surface area contributed by atoms with E-state index in [1.807, 2.05) is 43.4 Å². The predicted molar refractivity (Wildman–Crippen MR) is 81.1 cm³/mol. The third-order valence-corrected chi connectivity index (χ3v) is 3.58. The number of benzene rings is 2. The Morgan fingerprint density at radius 1 is 1.00 bits per heavy atom. The predicted octanol–water partition coefficient (Wildman–Crippen LogP) is 3.76. The Hall–Kier alpha value is -1.78. The number of alkyl halides is 2. The molecule has 0 spiro atoms. The van der Waals surface area contributed by atoms with E-state index < -0.39 is 6.43 Å². The molecule has 0 saturated carbocycles. The van der Waals surface area contributed by atoms with E-state index in [0.29, 0.717) is 6.54 Å². The van der Waals surface area contributed by atoms with Crippen molar-refractivity contribution in [3.05, 3.63) is 71.3 Å². The van der Waals surface area contributed by atoms with Crippen LogP contribution in [0.5, 0.6) is 0 Å². The minimum Gasteiger partial charge on any atom is -0.329 e. The van der Waals surface area contributed by atoms with Gasteiger partial charge < -0.3 is 5.73 Å². The molecule has 2 aromatic rings. The molecule has 0 bridgehead atoms. The van der Waals surface area contributed by atoms with Crippen LogP contribution in [0.1, 0.15) is 29.2 Å². The van der Waals surface area contributed by atoms with E-state index in [9.17, 15) is 8.78 Å². The molecule has 0 radical (unpaired) electrons. The molecule has 1 unspecified atom stereocenters. The second-order valence-corrected chi connectivity index (χ2v) is 5.12. The molecular weight excluding hydrogens is 270 g/mol. The highest BCUT2D eigenvalue weighted by atomic mass is 19.3. The number of hydrogen-bond donors (Lipinski definition) is 1. The SMILES string of the molecule is CN(Cc1ccccc1)C(CN)c1cccc(C(F)F)c1. The van der Waals surface area contributed by atoms with Gasteiger partial charge in [-0.3, -0.25) is 4.90 Å². The van der Waals surface area contributed by atoms with Crippen molar-refractivity contribution in [3.63, 3.8) is 0 Å². The van der Waals surface area contributed by atoms with Crippen LogP contribution in [-0.4, -0.2) is 18.5 Å². The van der Waals surface area contributed by atoms with E-state index in [0.717, 1.165) is 12.1 Å². The van der Waals surface area contributed by atoms with Crippen molar-refractivity contribution in [2.75, 3.05) is 13.6 Å². The quantitative estimate of drug-likeness (QED) is 0.877.